The van der Waals surface area contributed by atoms with Crippen molar-refractivity contribution in [2.45, 2.75) is 25.3 Å². The number of methoxy groups -OCH3 is 1. The third kappa shape index (κ3) is 3.81. The Labute approximate surface area is 184 Å². The highest BCUT2D eigenvalue weighted by Crippen LogP contribution is 2.38. The summed E-state index contributed by atoms with van der Waals surface area (Å²) in [4.78, 5) is 26.0. The van der Waals surface area contributed by atoms with Gasteiger partial charge in [0.25, 0.3) is 5.91 Å². The molecule has 160 valence electrons. The number of hydrogen-bond donors (Lipinski definition) is 1. The van der Waals surface area contributed by atoms with E-state index in [9.17, 15) is 14.0 Å². The molecule has 1 aromatic heterocycles. The SMILES string of the molecule is COc1ccc([C@@H]2c3c(C)nn(C)c3CC(=O)[C@H]2NC(=O)c2ccc(Cl)cc2)cc1F. The van der Waals surface area contributed by atoms with Crippen LogP contribution in [-0.4, -0.2) is 34.6 Å². The van der Waals surface area contributed by atoms with Crippen LogP contribution in [0, 0.1) is 12.7 Å². The van der Waals surface area contributed by atoms with Gasteiger partial charge in [0.05, 0.1) is 25.3 Å². The van der Waals surface area contributed by atoms with Crippen molar-refractivity contribution in [2.75, 3.05) is 7.11 Å². The summed E-state index contributed by atoms with van der Waals surface area (Å²) in [7, 11) is 3.16. The van der Waals surface area contributed by atoms with E-state index in [4.69, 9.17) is 16.3 Å². The molecule has 2 aromatic carbocycles. The van der Waals surface area contributed by atoms with E-state index in [0.717, 1.165) is 17.0 Å². The van der Waals surface area contributed by atoms with Crippen molar-refractivity contribution < 1.29 is 18.7 Å². The molecular formula is C23H21ClFN3O3. The lowest BCUT2D eigenvalue weighted by Gasteiger charge is -2.32. The molecule has 6 nitrogen and oxygen atoms in total. The van der Waals surface area contributed by atoms with Gasteiger partial charge in [-0.25, -0.2) is 4.39 Å². The molecule has 2 atom stereocenters. The zero-order valence-corrected chi connectivity index (χ0v) is 18.0. The minimum absolute atomic E-state index is 0.107. The summed E-state index contributed by atoms with van der Waals surface area (Å²) < 4.78 is 21.2. The summed E-state index contributed by atoms with van der Waals surface area (Å²) in [5, 5.41) is 7.82. The third-order valence-electron chi connectivity index (χ3n) is 5.65. The van der Waals surface area contributed by atoms with E-state index in [-0.39, 0.29) is 18.0 Å². The van der Waals surface area contributed by atoms with Gasteiger partial charge in [-0.05, 0) is 48.9 Å². The Bertz CT molecular complexity index is 1170. The zero-order chi connectivity index (χ0) is 22.3. The first-order chi connectivity index (χ1) is 14.8. The number of aromatic nitrogens is 2. The van der Waals surface area contributed by atoms with Crippen LogP contribution < -0.4 is 10.1 Å². The predicted molar refractivity (Wildman–Crippen MR) is 114 cm³/mol. The Kier molecular flexibility index (Phi) is 5.54. The molecular weight excluding hydrogens is 421 g/mol. The molecule has 4 rings (SSSR count). The Morgan fingerprint density at radius 1 is 1.26 bits per heavy atom. The van der Waals surface area contributed by atoms with E-state index in [0.29, 0.717) is 16.1 Å². The van der Waals surface area contributed by atoms with Gasteiger partial charge >= 0.3 is 0 Å². The molecule has 0 spiro atoms. The highest BCUT2D eigenvalue weighted by molar-refractivity contribution is 6.30. The van der Waals surface area contributed by atoms with Crippen LogP contribution in [0.5, 0.6) is 5.75 Å². The molecule has 8 heteroatoms. The average molecular weight is 442 g/mol. The van der Waals surface area contributed by atoms with Crippen LogP contribution in [0.3, 0.4) is 0 Å². The second-order valence-corrected chi connectivity index (χ2v) is 7.98. The van der Waals surface area contributed by atoms with Gasteiger partial charge in [0, 0.05) is 34.8 Å². The molecule has 0 unspecified atom stereocenters. The molecule has 0 bridgehead atoms. The molecule has 3 aromatic rings. The number of ketones is 1. The van der Waals surface area contributed by atoms with E-state index >= 15 is 0 Å². The van der Waals surface area contributed by atoms with Crippen molar-refractivity contribution in [3.05, 3.63) is 81.4 Å². The van der Waals surface area contributed by atoms with Gasteiger partial charge in [0.2, 0.25) is 0 Å². The van der Waals surface area contributed by atoms with E-state index < -0.39 is 23.7 Å². The standard InChI is InChI=1S/C23H21ClFN3O3/c1-12-20-17(28(2)27-12)11-18(29)22(26-23(30)13-4-7-15(24)8-5-13)21(20)14-6-9-19(31-3)16(25)10-14/h4-10,21-22H,11H2,1-3H3,(H,26,30)/t21-,22-/m1/s1. The number of carbonyl (C=O) groups is 2. The van der Waals surface area contributed by atoms with E-state index in [1.807, 2.05) is 6.92 Å². The van der Waals surface area contributed by atoms with Crippen LogP contribution in [0.25, 0.3) is 0 Å². The molecule has 0 fully saturated rings. The third-order valence-corrected chi connectivity index (χ3v) is 5.90. The number of hydrogen-bond acceptors (Lipinski definition) is 4. The van der Waals surface area contributed by atoms with Crippen LogP contribution in [0.4, 0.5) is 4.39 Å². The van der Waals surface area contributed by atoms with Crippen molar-refractivity contribution in [1.82, 2.24) is 15.1 Å². The van der Waals surface area contributed by atoms with E-state index in [1.165, 1.54) is 19.2 Å². The van der Waals surface area contributed by atoms with Gasteiger partial charge < -0.3 is 10.1 Å². The number of ether oxygens (including phenoxy) is 1. The van der Waals surface area contributed by atoms with Gasteiger partial charge in [-0.15, -0.1) is 0 Å². The summed E-state index contributed by atoms with van der Waals surface area (Å²) in [5.41, 5.74) is 3.27. The van der Waals surface area contributed by atoms with Gasteiger partial charge in [0.1, 0.15) is 0 Å². The molecule has 1 aliphatic rings. The Hall–Kier alpha value is -3.19. The van der Waals surface area contributed by atoms with Crippen LogP contribution in [0.1, 0.15) is 38.8 Å². The highest BCUT2D eigenvalue weighted by atomic mass is 35.5. The minimum atomic E-state index is -0.869. The molecule has 1 heterocycles. The van der Waals surface area contributed by atoms with Crippen molar-refractivity contribution in [3.8, 4) is 5.75 Å². The number of Topliss-reactive ketones (excluding diaryl/α,β-unsaturated/α-hetero) is 1. The molecule has 1 N–H and O–H groups in total. The summed E-state index contributed by atoms with van der Waals surface area (Å²) >= 11 is 5.91. The first-order valence-electron chi connectivity index (χ1n) is 9.75. The fourth-order valence-corrected chi connectivity index (χ4v) is 4.31. The quantitative estimate of drug-likeness (QED) is 0.671. The van der Waals surface area contributed by atoms with Gasteiger partial charge in [-0.2, -0.15) is 5.10 Å². The lowest BCUT2D eigenvalue weighted by Crippen LogP contribution is -2.48. The number of aryl methyl sites for hydroxylation is 2. The molecule has 31 heavy (non-hydrogen) atoms. The summed E-state index contributed by atoms with van der Waals surface area (Å²) in [6, 6.07) is 10.1. The normalized spacial score (nSPS) is 17.9. The molecule has 0 radical (unpaired) electrons. The van der Waals surface area contributed by atoms with Gasteiger partial charge in [-0.1, -0.05) is 17.7 Å². The zero-order valence-electron chi connectivity index (χ0n) is 17.3. The monoisotopic (exact) mass is 441 g/mol. The number of benzene rings is 2. The highest BCUT2D eigenvalue weighted by Gasteiger charge is 2.41. The van der Waals surface area contributed by atoms with E-state index in [2.05, 4.69) is 10.4 Å². The first kappa shape index (κ1) is 21.1. The number of halogens is 2. The van der Waals surface area contributed by atoms with Crippen molar-refractivity contribution in [2.24, 2.45) is 7.05 Å². The number of nitrogens with zero attached hydrogens (tertiary/aromatic N) is 2. The first-order valence-corrected chi connectivity index (χ1v) is 10.1. The summed E-state index contributed by atoms with van der Waals surface area (Å²) in [6.45, 7) is 1.85. The maximum atomic E-state index is 14.5. The fraction of sp³-hybridized carbons (Fsp3) is 0.261. The average Bonchev–Trinajstić information content (AvgIpc) is 3.02. The summed E-state index contributed by atoms with van der Waals surface area (Å²) in [5.74, 6) is -1.58. The Morgan fingerprint density at radius 2 is 1.97 bits per heavy atom. The van der Waals surface area contributed by atoms with Crippen LogP contribution >= 0.6 is 11.6 Å². The number of rotatable bonds is 4. The van der Waals surface area contributed by atoms with E-state index in [1.54, 1.807) is 42.1 Å². The maximum Gasteiger partial charge on any atom is 0.251 e. The smallest absolute Gasteiger partial charge is 0.251 e. The topological polar surface area (TPSA) is 73.2 Å². The van der Waals surface area contributed by atoms with Gasteiger partial charge in [0.15, 0.2) is 17.3 Å². The largest absolute Gasteiger partial charge is 0.494 e. The number of amides is 1. The molecule has 1 amide bonds. The predicted octanol–water partition coefficient (Wildman–Crippen LogP) is 3.59. The minimum Gasteiger partial charge on any atom is -0.494 e. The second kappa shape index (κ2) is 8.15. The maximum absolute atomic E-state index is 14.5. The molecule has 0 aliphatic heterocycles. The number of carbonyl (C=O) groups excluding carboxylic acids is 2. The Morgan fingerprint density at radius 3 is 2.61 bits per heavy atom. The van der Waals surface area contributed by atoms with Crippen molar-refractivity contribution in [1.29, 1.82) is 0 Å². The van der Waals surface area contributed by atoms with Gasteiger partial charge in [-0.3, -0.25) is 14.3 Å². The Balaban J connectivity index is 1.79. The molecule has 0 saturated carbocycles. The van der Waals surface area contributed by atoms with Crippen molar-refractivity contribution >= 4 is 23.3 Å². The van der Waals surface area contributed by atoms with Crippen LogP contribution in [0.2, 0.25) is 5.02 Å². The second-order valence-electron chi connectivity index (χ2n) is 7.54. The lowest BCUT2D eigenvalue weighted by molar-refractivity contribution is -0.121. The number of fused-ring (bicyclic) bond motifs is 1. The van der Waals surface area contributed by atoms with Crippen molar-refractivity contribution in [3.63, 3.8) is 0 Å². The fourth-order valence-electron chi connectivity index (χ4n) is 4.19. The summed E-state index contributed by atoms with van der Waals surface area (Å²) in [6.07, 6.45) is 0.132. The van der Waals surface area contributed by atoms with Crippen LogP contribution in [0.15, 0.2) is 42.5 Å². The lowest BCUT2D eigenvalue weighted by atomic mass is 9.76. The number of nitrogens with one attached hydrogen (secondary N) is 1. The molecule has 1 aliphatic carbocycles. The van der Waals surface area contributed by atoms with Crippen LogP contribution in [-0.2, 0) is 18.3 Å². The molecule has 0 saturated heterocycles.